The summed E-state index contributed by atoms with van der Waals surface area (Å²) in [5.74, 6) is 0. The van der Waals surface area contributed by atoms with Gasteiger partial charge in [-0.05, 0) is 105 Å². The van der Waals surface area contributed by atoms with Crippen LogP contribution in [0.25, 0.3) is 11.1 Å². The number of hydrogen-bond donors (Lipinski definition) is 0. The van der Waals surface area contributed by atoms with Gasteiger partial charge in [0.2, 0.25) is 0 Å². The number of aryl methyl sites for hydroxylation is 1. The second-order valence-electron chi connectivity index (χ2n) is 18.1. The summed E-state index contributed by atoms with van der Waals surface area (Å²) < 4.78 is 0. The third-order valence-electron chi connectivity index (χ3n) is 12.3. The van der Waals surface area contributed by atoms with Crippen LogP contribution in [0.15, 0.2) is 164 Å². The maximum atomic E-state index is 2.70. The third-order valence-corrected chi connectivity index (χ3v) is 12.3. The SMILES string of the molecule is Cc1cc2c3c(c1)N(C(C)(c1ccccc1)c1ccccc1)c1cc(C(C)(C)C)ccc1B3c1cc(C(C)(C)C)ccc1N2c1ccccc1-c1ccccc1. The van der Waals surface area contributed by atoms with Gasteiger partial charge in [-0.15, -0.1) is 0 Å². The molecule has 0 spiro atoms. The first-order chi connectivity index (χ1) is 26.9. The minimum atomic E-state index is -0.541. The minimum Gasteiger partial charge on any atom is -0.328 e. The lowest BCUT2D eigenvalue weighted by molar-refractivity contribution is 0.574. The highest BCUT2D eigenvalue weighted by Gasteiger charge is 2.49. The molecular weight excluding hydrogens is 675 g/mol. The highest BCUT2D eigenvalue weighted by Crippen LogP contribution is 2.50. The first-order valence-corrected chi connectivity index (χ1v) is 20.1. The van der Waals surface area contributed by atoms with Crippen LogP contribution in [0, 0.1) is 6.92 Å². The molecule has 0 atom stereocenters. The lowest BCUT2D eigenvalue weighted by Crippen LogP contribution is -2.64. The van der Waals surface area contributed by atoms with Crippen molar-refractivity contribution < 1.29 is 0 Å². The number of para-hydroxylation sites is 1. The van der Waals surface area contributed by atoms with Crippen molar-refractivity contribution in [3.63, 3.8) is 0 Å². The Hall–Kier alpha value is -5.80. The van der Waals surface area contributed by atoms with Gasteiger partial charge in [-0.3, -0.25) is 0 Å². The Kier molecular flexibility index (Phi) is 8.43. The van der Waals surface area contributed by atoms with Gasteiger partial charge in [0.25, 0.3) is 6.71 Å². The van der Waals surface area contributed by atoms with Crippen LogP contribution in [0.3, 0.4) is 0 Å². The molecule has 0 N–H and O–H groups in total. The van der Waals surface area contributed by atoms with E-state index < -0.39 is 5.54 Å². The maximum Gasteiger partial charge on any atom is 0.252 e. The molecule has 0 radical (unpaired) electrons. The predicted octanol–water partition coefficient (Wildman–Crippen LogP) is 12.0. The van der Waals surface area contributed by atoms with Gasteiger partial charge in [0.15, 0.2) is 0 Å². The van der Waals surface area contributed by atoms with Crippen LogP contribution in [0.5, 0.6) is 0 Å². The molecule has 7 aromatic carbocycles. The Morgan fingerprint density at radius 2 is 0.946 bits per heavy atom. The summed E-state index contributed by atoms with van der Waals surface area (Å²) in [7, 11) is 0. The van der Waals surface area contributed by atoms with Crippen molar-refractivity contribution in [2.75, 3.05) is 9.80 Å². The quantitative estimate of drug-likeness (QED) is 0.163. The molecule has 2 aliphatic rings. The van der Waals surface area contributed by atoms with Crippen LogP contribution in [-0.4, -0.2) is 6.71 Å². The number of hydrogen-bond acceptors (Lipinski definition) is 2. The van der Waals surface area contributed by atoms with Gasteiger partial charge in [0.05, 0.1) is 11.2 Å². The van der Waals surface area contributed by atoms with E-state index in [0.717, 1.165) is 0 Å². The van der Waals surface area contributed by atoms with Gasteiger partial charge in [-0.1, -0.05) is 175 Å². The Morgan fingerprint density at radius 3 is 1.57 bits per heavy atom. The molecule has 56 heavy (non-hydrogen) atoms. The monoisotopic (exact) mass is 726 g/mol. The zero-order valence-electron chi connectivity index (χ0n) is 34.1. The number of benzene rings is 7. The third kappa shape index (κ3) is 5.71. The number of fused-ring (bicyclic) bond motifs is 4. The summed E-state index contributed by atoms with van der Waals surface area (Å²) >= 11 is 0. The summed E-state index contributed by atoms with van der Waals surface area (Å²) in [6.07, 6.45) is 0. The molecule has 0 unspecified atom stereocenters. The topological polar surface area (TPSA) is 6.48 Å². The molecule has 276 valence electrons. The van der Waals surface area contributed by atoms with Gasteiger partial charge in [0, 0.05) is 28.3 Å². The van der Waals surface area contributed by atoms with Crippen molar-refractivity contribution in [2.45, 2.75) is 71.8 Å². The predicted molar refractivity (Wildman–Crippen MR) is 241 cm³/mol. The van der Waals surface area contributed by atoms with E-state index >= 15 is 0 Å². The summed E-state index contributed by atoms with van der Waals surface area (Å²) in [5.41, 5.74) is 18.5. The van der Waals surface area contributed by atoms with Crippen LogP contribution in [-0.2, 0) is 16.4 Å². The largest absolute Gasteiger partial charge is 0.328 e. The smallest absolute Gasteiger partial charge is 0.252 e. The fourth-order valence-electron chi connectivity index (χ4n) is 9.29. The minimum absolute atomic E-state index is 0.0169. The van der Waals surface area contributed by atoms with Gasteiger partial charge in [-0.2, -0.15) is 0 Å². The summed E-state index contributed by atoms with van der Waals surface area (Å²) in [5, 5.41) is 0. The second-order valence-corrected chi connectivity index (χ2v) is 18.1. The van der Waals surface area contributed by atoms with E-state index in [1.807, 2.05) is 0 Å². The van der Waals surface area contributed by atoms with Crippen LogP contribution < -0.4 is 26.2 Å². The average molecular weight is 727 g/mol. The van der Waals surface area contributed by atoms with Crippen molar-refractivity contribution in [3.05, 3.63) is 192 Å². The molecule has 3 heteroatoms. The summed E-state index contributed by atoms with van der Waals surface area (Å²) in [6.45, 7) is 18.7. The molecule has 0 saturated carbocycles. The Balaban J connectivity index is 1.43. The highest BCUT2D eigenvalue weighted by molar-refractivity contribution is 7.00. The van der Waals surface area contributed by atoms with E-state index in [4.69, 9.17) is 0 Å². The van der Waals surface area contributed by atoms with E-state index in [1.54, 1.807) is 0 Å². The Labute approximate surface area is 334 Å². The van der Waals surface area contributed by atoms with Gasteiger partial charge in [-0.25, -0.2) is 0 Å². The maximum absolute atomic E-state index is 2.70. The first-order valence-electron chi connectivity index (χ1n) is 20.1. The molecule has 0 fully saturated rings. The molecule has 9 rings (SSSR count). The average Bonchev–Trinajstić information content (AvgIpc) is 3.20. The van der Waals surface area contributed by atoms with Crippen molar-refractivity contribution >= 4 is 51.5 Å². The van der Waals surface area contributed by atoms with Crippen LogP contribution in [0.4, 0.5) is 28.4 Å². The van der Waals surface area contributed by atoms with E-state index in [-0.39, 0.29) is 17.5 Å². The van der Waals surface area contributed by atoms with Gasteiger partial charge >= 0.3 is 0 Å². The highest BCUT2D eigenvalue weighted by atomic mass is 15.2. The lowest BCUT2D eigenvalue weighted by atomic mass is 9.33. The van der Waals surface area contributed by atoms with Crippen molar-refractivity contribution in [1.82, 2.24) is 0 Å². The van der Waals surface area contributed by atoms with Crippen molar-refractivity contribution in [2.24, 2.45) is 0 Å². The van der Waals surface area contributed by atoms with Crippen LogP contribution in [0.1, 0.15) is 76.3 Å². The number of rotatable bonds is 5. The van der Waals surface area contributed by atoms with E-state index in [9.17, 15) is 0 Å². The number of nitrogens with zero attached hydrogens (tertiary/aromatic N) is 2. The van der Waals surface area contributed by atoms with Crippen molar-refractivity contribution in [3.8, 4) is 11.1 Å². The fourth-order valence-corrected chi connectivity index (χ4v) is 9.29. The summed E-state index contributed by atoms with van der Waals surface area (Å²) in [4.78, 5) is 5.27. The van der Waals surface area contributed by atoms with E-state index in [0.29, 0.717) is 0 Å². The molecule has 0 aromatic heterocycles. The number of anilines is 5. The molecule has 0 bridgehead atoms. The summed E-state index contributed by atoms with van der Waals surface area (Å²) in [6, 6.07) is 61.6. The molecular formula is C53H51BN2. The van der Waals surface area contributed by atoms with Gasteiger partial charge in [0.1, 0.15) is 0 Å². The Morgan fingerprint density at radius 1 is 0.411 bits per heavy atom. The molecule has 0 saturated heterocycles. The lowest BCUT2D eigenvalue weighted by Gasteiger charge is -2.51. The zero-order valence-corrected chi connectivity index (χ0v) is 34.1. The zero-order chi connectivity index (χ0) is 39.0. The first kappa shape index (κ1) is 35.9. The van der Waals surface area contributed by atoms with E-state index in [2.05, 4.69) is 229 Å². The molecule has 2 aliphatic heterocycles. The molecule has 0 amide bonds. The molecule has 2 heterocycles. The van der Waals surface area contributed by atoms with Gasteiger partial charge < -0.3 is 9.80 Å². The van der Waals surface area contributed by atoms with Crippen molar-refractivity contribution in [1.29, 1.82) is 0 Å². The second kappa shape index (κ2) is 13.2. The van der Waals surface area contributed by atoms with E-state index in [1.165, 1.54) is 83.8 Å². The Bertz CT molecular complexity index is 2540. The molecule has 7 aromatic rings. The normalized spacial score (nSPS) is 13.6. The van der Waals surface area contributed by atoms with Crippen LogP contribution >= 0.6 is 0 Å². The molecule has 2 nitrogen and oxygen atoms in total. The van der Waals surface area contributed by atoms with Crippen LogP contribution in [0.2, 0.25) is 0 Å². The standard InChI is InChI=1S/C53H51BN2/c1-36-32-48-50-49(33-36)56(53(8,38-22-14-10-15-23-38)39-24-16-11-17-25-39)47-35-41(52(5,6)7)28-30-43(47)54(50)44-34-40(51(2,3)4)29-31-46(44)55(48)45-27-19-18-26-42(45)37-20-12-9-13-21-37/h9-35H,1-8H3. The fraction of sp³-hybridized carbons (Fsp3) is 0.208. The molecule has 0 aliphatic carbocycles.